The van der Waals surface area contributed by atoms with Gasteiger partial charge in [-0.15, -0.1) is 0 Å². The van der Waals surface area contributed by atoms with E-state index in [0.717, 1.165) is 0 Å². The van der Waals surface area contributed by atoms with E-state index >= 15 is 0 Å². The molecule has 1 aromatic rings. The van der Waals surface area contributed by atoms with Crippen LogP contribution in [0, 0.1) is 0 Å². The second-order valence-electron chi connectivity index (χ2n) is 2.13. The molecule has 0 heterocycles. The van der Waals surface area contributed by atoms with Crippen LogP contribution >= 0.6 is 0 Å². The average Bonchev–Trinajstić information content (AvgIpc) is 2.05. The van der Waals surface area contributed by atoms with E-state index in [1.54, 1.807) is 18.2 Å². The zero-order valence-electron chi connectivity index (χ0n) is 6.93. The molecule has 0 saturated carbocycles. The predicted octanol–water partition coefficient (Wildman–Crippen LogP) is -0.371. The third-order valence-electron chi connectivity index (χ3n) is 1.34. The number of aliphatic carboxylic acids is 1. The molecule has 1 unspecified atom stereocenters. The number of carboxylic acid groups (broad SMARTS) is 1. The van der Waals surface area contributed by atoms with Crippen LogP contribution in [0.25, 0.3) is 0 Å². The fraction of sp³-hybridized carbons (Fsp3) is 0.125. The Kier molecular flexibility index (Phi) is 8.01. The minimum Gasteiger partial charge on any atom is -0.547 e. The molecule has 0 radical (unpaired) electrons. The maximum atomic E-state index is 10.1. The molecule has 4 nitrogen and oxygen atoms in total. The molecule has 4 N–H and O–H groups in total. The van der Waals surface area contributed by atoms with Crippen LogP contribution in [0.2, 0.25) is 0 Å². The van der Waals surface area contributed by atoms with Crippen molar-refractivity contribution in [2.24, 2.45) is 0 Å². The number of hydrogen-bond acceptors (Lipinski definition) is 4. The van der Waals surface area contributed by atoms with Gasteiger partial charge in [0.15, 0.2) is 0 Å². The van der Waals surface area contributed by atoms with Gasteiger partial charge >= 0.3 is 26.2 Å². The van der Waals surface area contributed by atoms with Crippen molar-refractivity contribution < 1.29 is 41.2 Å². The van der Waals surface area contributed by atoms with Crippen molar-refractivity contribution in [3.63, 3.8) is 0 Å². The zero-order valence-corrected chi connectivity index (χ0v) is 9.39. The molecule has 1 rings (SSSR count). The molecule has 1 aromatic carbocycles. The van der Waals surface area contributed by atoms with E-state index in [2.05, 4.69) is 0 Å². The van der Waals surface area contributed by atoms with Crippen molar-refractivity contribution >= 4 is 5.97 Å². The maximum absolute atomic E-state index is 10.1. The first kappa shape index (κ1) is 15.0. The van der Waals surface area contributed by atoms with Crippen LogP contribution in [0.5, 0.6) is 0 Å². The molecular weight excluding hydrogens is 249 g/mol. The number of rotatable bonds is 2. The summed E-state index contributed by atoms with van der Waals surface area (Å²) >= 11 is 0. The Bertz CT molecular complexity index is 253. The van der Waals surface area contributed by atoms with Crippen LogP contribution in [0.3, 0.4) is 0 Å². The molecule has 68 valence electrons. The molecule has 0 bridgehead atoms. The number of aliphatic hydroxyl groups excluding tert-OH is 1. The number of carboxylic acids is 1. The summed E-state index contributed by atoms with van der Waals surface area (Å²) in [5.41, 5.74) is 0.340. The normalized spacial score (nSPS) is 10.5. The molecule has 0 aliphatic carbocycles. The first-order valence-electron chi connectivity index (χ1n) is 3.15. The number of benzene rings is 1. The second-order valence-corrected chi connectivity index (χ2v) is 2.13. The topological polar surface area (TPSA) is 95.4 Å². The number of carbonyl (C=O) groups is 1. The van der Waals surface area contributed by atoms with Gasteiger partial charge in [-0.3, -0.25) is 0 Å². The van der Waals surface area contributed by atoms with E-state index in [4.69, 9.17) is 5.11 Å². The number of aliphatic hydroxyl groups is 1. The van der Waals surface area contributed by atoms with Crippen molar-refractivity contribution in [2.45, 2.75) is 6.10 Å². The monoisotopic (exact) mass is 258 g/mol. The Morgan fingerprint density at radius 1 is 1.31 bits per heavy atom. The van der Waals surface area contributed by atoms with Gasteiger partial charge in [-0.25, -0.2) is 0 Å². The molecule has 1 atom stereocenters. The Hall–Kier alpha value is -0.507. The van der Waals surface area contributed by atoms with Crippen LogP contribution in [0.1, 0.15) is 11.7 Å². The van der Waals surface area contributed by atoms with Crippen molar-refractivity contribution in [1.29, 1.82) is 0 Å². The van der Waals surface area contributed by atoms with Gasteiger partial charge in [0.1, 0.15) is 6.10 Å². The van der Waals surface area contributed by atoms with Gasteiger partial charge in [0.25, 0.3) is 0 Å². The molecule has 0 aromatic heterocycles. The molecule has 0 saturated heterocycles. The summed E-state index contributed by atoms with van der Waals surface area (Å²) in [6, 6.07) is 8.11. The van der Waals surface area contributed by atoms with E-state index < -0.39 is 12.1 Å². The van der Waals surface area contributed by atoms with Crippen LogP contribution in [0.15, 0.2) is 30.3 Å². The van der Waals surface area contributed by atoms with Crippen molar-refractivity contribution in [3.8, 4) is 0 Å². The van der Waals surface area contributed by atoms with Gasteiger partial charge in [0.2, 0.25) is 0 Å². The summed E-state index contributed by atoms with van der Waals surface area (Å²) in [6.07, 6.45) is -1.52. The minimum atomic E-state index is -1.52. The Labute approximate surface area is 95.3 Å². The zero-order chi connectivity index (χ0) is 8.27. The van der Waals surface area contributed by atoms with Crippen LogP contribution in [-0.4, -0.2) is 11.1 Å². The molecule has 0 amide bonds. The molecular formula is C8H10NO3Zr+. The molecule has 5 heteroatoms. The number of hydrogen-bond donors (Lipinski definition) is 2. The second kappa shape index (κ2) is 6.95. The van der Waals surface area contributed by atoms with Gasteiger partial charge in [-0.05, 0) is 5.56 Å². The Morgan fingerprint density at radius 2 is 1.77 bits per heavy atom. The maximum Gasteiger partial charge on any atom is 2.00 e. The van der Waals surface area contributed by atoms with Crippen molar-refractivity contribution in [3.05, 3.63) is 35.9 Å². The van der Waals surface area contributed by atoms with Gasteiger partial charge in [-0.2, -0.15) is 0 Å². The van der Waals surface area contributed by atoms with E-state index in [0.29, 0.717) is 5.56 Å². The smallest absolute Gasteiger partial charge is 0.547 e. The van der Waals surface area contributed by atoms with Crippen molar-refractivity contribution in [1.82, 2.24) is 6.15 Å². The van der Waals surface area contributed by atoms with Crippen molar-refractivity contribution in [2.75, 3.05) is 0 Å². The summed E-state index contributed by atoms with van der Waals surface area (Å²) in [7, 11) is 0. The first-order valence-corrected chi connectivity index (χ1v) is 3.15. The third kappa shape index (κ3) is 4.31. The SMILES string of the molecule is N.O=C([O-])C(O)c1ccccc1.[Zr+2]. The van der Waals surface area contributed by atoms with Crippen LogP contribution in [-0.2, 0) is 31.0 Å². The molecule has 0 fully saturated rings. The fourth-order valence-corrected chi connectivity index (χ4v) is 0.771. The predicted molar refractivity (Wildman–Crippen MR) is 41.4 cm³/mol. The summed E-state index contributed by atoms with van der Waals surface area (Å²) in [6.45, 7) is 0. The largest absolute Gasteiger partial charge is 2.00 e. The van der Waals surface area contributed by atoms with E-state index in [9.17, 15) is 9.90 Å². The Morgan fingerprint density at radius 3 is 2.15 bits per heavy atom. The van der Waals surface area contributed by atoms with Gasteiger partial charge in [0, 0.05) is 0 Å². The summed E-state index contributed by atoms with van der Waals surface area (Å²) in [5.74, 6) is -1.48. The molecule has 0 spiro atoms. The van der Waals surface area contributed by atoms with E-state index in [1.165, 1.54) is 12.1 Å². The molecule has 0 aliphatic rings. The minimum absolute atomic E-state index is 0. The molecule has 0 aliphatic heterocycles. The quantitative estimate of drug-likeness (QED) is 0.757. The van der Waals surface area contributed by atoms with Crippen LogP contribution < -0.4 is 11.3 Å². The summed E-state index contributed by atoms with van der Waals surface area (Å²) < 4.78 is 0. The van der Waals surface area contributed by atoms with E-state index in [-0.39, 0.29) is 32.4 Å². The number of carbonyl (C=O) groups excluding carboxylic acids is 1. The van der Waals surface area contributed by atoms with Crippen LogP contribution in [0.4, 0.5) is 0 Å². The first-order chi connectivity index (χ1) is 5.22. The van der Waals surface area contributed by atoms with Gasteiger partial charge in [-0.1, -0.05) is 30.3 Å². The summed E-state index contributed by atoms with van der Waals surface area (Å²) in [4.78, 5) is 10.1. The molecule has 13 heavy (non-hydrogen) atoms. The average molecular weight is 259 g/mol. The summed E-state index contributed by atoms with van der Waals surface area (Å²) in [5, 5.41) is 19.1. The van der Waals surface area contributed by atoms with E-state index in [1.807, 2.05) is 0 Å². The fourth-order valence-electron chi connectivity index (χ4n) is 0.771. The Balaban J connectivity index is 0. The third-order valence-corrected chi connectivity index (χ3v) is 1.34. The van der Waals surface area contributed by atoms with Gasteiger partial charge < -0.3 is 21.2 Å². The van der Waals surface area contributed by atoms with Gasteiger partial charge in [0.05, 0.1) is 5.97 Å². The standard InChI is InChI=1S/C8H8O3.H3N.Zr/c9-7(8(10)11)6-4-2-1-3-5-6;;/h1-5,7,9H,(H,10,11);1H3;/q;;+2/p-1.